The van der Waals surface area contributed by atoms with Gasteiger partial charge in [-0.05, 0) is 25.5 Å². The highest BCUT2D eigenvalue weighted by Crippen LogP contribution is 2.12. The molecule has 1 rings (SSSR count). The number of hydrogen-bond acceptors (Lipinski definition) is 6. The summed E-state index contributed by atoms with van der Waals surface area (Å²) in [6.07, 6.45) is 0.590. The molecule has 1 aromatic rings. The van der Waals surface area contributed by atoms with Crippen molar-refractivity contribution in [3.8, 4) is 0 Å². The minimum atomic E-state index is -1.93. The Labute approximate surface area is 141 Å². The van der Waals surface area contributed by atoms with Crippen molar-refractivity contribution in [2.24, 2.45) is 0 Å². The molecule has 1 N–H and O–H groups in total. The first-order valence-corrected chi connectivity index (χ1v) is 7.66. The third-order valence-corrected chi connectivity index (χ3v) is 3.17. The predicted molar refractivity (Wildman–Crippen MR) is 86.4 cm³/mol. The van der Waals surface area contributed by atoms with Crippen LogP contribution in [-0.4, -0.2) is 50.3 Å². The molecule has 0 saturated heterocycles. The average Bonchev–Trinajstić information content (AvgIpc) is 2.60. The zero-order chi connectivity index (χ0) is 18.0. The predicted octanol–water partition coefficient (Wildman–Crippen LogP) is 1.32. The number of hydrogen-bond donors (Lipinski definition) is 1. The molecule has 0 aliphatic carbocycles. The summed E-state index contributed by atoms with van der Waals surface area (Å²) in [6, 6.07) is 8.26. The van der Waals surface area contributed by atoms with Gasteiger partial charge in [0.2, 0.25) is 5.54 Å². The van der Waals surface area contributed by atoms with E-state index >= 15 is 0 Å². The fraction of sp³-hybridized carbons (Fsp3) is 0.471. The van der Waals surface area contributed by atoms with Crippen LogP contribution in [0, 0.1) is 0 Å². The Balaban J connectivity index is 2.93. The van der Waals surface area contributed by atoms with Gasteiger partial charge in [-0.15, -0.1) is 0 Å². The van der Waals surface area contributed by atoms with Crippen LogP contribution < -0.4 is 5.32 Å². The van der Waals surface area contributed by atoms with Gasteiger partial charge < -0.3 is 19.5 Å². The number of esters is 2. The van der Waals surface area contributed by atoms with Crippen LogP contribution in [0.5, 0.6) is 0 Å². The van der Waals surface area contributed by atoms with Crippen LogP contribution in [-0.2, 0) is 23.8 Å². The molecule has 24 heavy (non-hydrogen) atoms. The summed E-state index contributed by atoms with van der Waals surface area (Å²) in [4.78, 5) is 36.9. The van der Waals surface area contributed by atoms with E-state index in [4.69, 9.17) is 14.2 Å². The molecule has 1 atom stereocenters. The molecular weight excluding hydrogens is 314 g/mol. The first-order valence-electron chi connectivity index (χ1n) is 7.66. The van der Waals surface area contributed by atoms with Crippen LogP contribution in [0.2, 0.25) is 0 Å². The Morgan fingerprint density at radius 3 is 2.12 bits per heavy atom. The molecule has 7 heteroatoms. The van der Waals surface area contributed by atoms with E-state index < -0.39 is 23.4 Å². The Bertz CT molecular complexity index is 559. The van der Waals surface area contributed by atoms with Gasteiger partial charge in [0.25, 0.3) is 5.91 Å². The molecule has 0 radical (unpaired) electrons. The maximum Gasteiger partial charge on any atom is 0.343 e. The number of carbonyl (C=O) groups is 3. The van der Waals surface area contributed by atoms with Crippen molar-refractivity contribution < 1.29 is 28.6 Å². The molecule has 0 aromatic heterocycles. The third-order valence-electron chi connectivity index (χ3n) is 3.17. The van der Waals surface area contributed by atoms with E-state index in [1.54, 1.807) is 30.3 Å². The summed E-state index contributed by atoms with van der Waals surface area (Å²) in [5, 5.41) is 2.42. The van der Waals surface area contributed by atoms with E-state index in [0.29, 0.717) is 12.0 Å². The summed E-state index contributed by atoms with van der Waals surface area (Å²) in [5.41, 5.74) is -1.62. The first kappa shape index (κ1) is 19.6. The second kappa shape index (κ2) is 9.67. The zero-order valence-corrected chi connectivity index (χ0v) is 14.2. The van der Waals surface area contributed by atoms with Crippen LogP contribution in [0.1, 0.15) is 30.6 Å². The van der Waals surface area contributed by atoms with Crippen LogP contribution in [0.15, 0.2) is 30.3 Å². The molecule has 0 fully saturated rings. The molecule has 0 unspecified atom stereocenters. The lowest BCUT2D eigenvalue weighted by molar-refractivity contribution is -0.165. The van der Waals surface area contributed by atoms with Gasteiger partial charge in [-0.1, -0.05) is 25.1 Å². The van der Waals surface area contributed by atoms with Crippen molar-refractivity contribution in [3.05, 3.63) is 35.9 Å². The maximum atomic E-state index is 12.3. The molecule has 132 valence electrons. The average molecular weight is 337 g/mol. The lowest BCUT2D eigenvalue weighted by atomic mass is 10.0. The van der Waals surface area contributed by atoms with Gasteiger partial charge in [0.1, 0.15) is 6.61 Å². The van der Waals surface area contributed by atoms with Gasteiger partial charge in [-0.3, -0.25) is 4.79 Å². The normalized spacial score (nSPS) is 12.8. The van der Waals surface area contributed by atoms with Crippen LogP contribution >= 0.6 is 0 Å². The van der Waals surface area contributed by atoms with Gasteiger partial charge in [-0.2, -0.15) is 0 Å². The second-order valence-corrected chi connectivity index (χ2v) is 5.21. The largest absolute Gasteiger partial charge is 0.464 e. The fourth-order valence-corrected chi connectivity index (χ4v) is 1.78. The van der Waals surface area contributed by atoms with Crippen molar-refractivity contribution in [2.75, 3.05) is 26.9 Å². The van der Waals surface area contributed by atoms with Crippen molar-refractivity contribution in [2.45, 2.75) is 25.8 Å². The molecule has 7 nitrogen and oxygen atoms in total. The highest BCUT2D eigenvalue weighted by molar-refractivity contribution is 6.09. The highest BCUT2D eigenvalue weighted by Gasteiger charge is 2.46. The number of benzene rings is 1. The molecule has 0 heterocycles. The van der Waals surface area contributed by atoms with E-state index in [1.807, 2.05) is 6.92 Å². The fourth-order valence-electron chi connectivity index (χ4n) is 1.78. The van der Waals surface area contributed by atoms with E-state index in [-0.39, 0.29) is 19.8 Å². The quantitative estimate of drug-likeness (QED) is 0.415. The SMILES string of the molecule is CCCOC(=O)[C@](C)(NC(=O)c1ccccc1)C(=O)OCCOC. The lowest BCUT2D eigenvalue weighted by Gasteiger charge is -2.26. The molecule has 0 spiro atoms. The first-order chi connectivity index (χ1) is 11.5. The summed E-state index contributed by atoms with van der Waals surface area (Å²) in [7, 11) is 1.46. The standard InChI is InChI=1S/C17H23NO6/c1-4-10-23-15(20)17(2,16(21)24-12-11-22-3)18-14(19)13-8-6-5-7-9-13/h5-9H,4,10-12H2,1-3H3,(H,18,19)/t17-/m0/s1. The molecule has 0 aliphatic rings. The topological polar surface area (TPSA) is 90.9 Å². The summed E-state index contributed by atoms with van der Waals surface area (Å²) >= 11 is 0. The second-order valence-electron chi connectivity index (χ2n) is 5.21. The van der Waals surface area contributed by atoms with Crippen molar-refractivity contribution in [1.29, 1.82) is 0 Å². The summed E-state index contributed by atoms with van der Waals surface area (Å²) < 4.78 is 14.8. The Morgan fingerprint density at radius 2 is 1.58 bits per heavy atom. The zero-order valence-electron chi connectivity index (χ0n) is 14.2. The van der Waals surface area contributed by atoms with E-state index in [2.05, 4.69) is 5.32 Å². The van der Waals surface area contributed by atoms with Gasteiger partial charge >= 0.3 is 11.9 Å². The number of ether oxygens (including phenoxy) is 3. The van der Waals surface area contributed by atoms with Gasteiger partial charge in [0.15, 0.2) is 0 Å². The summed E-state index contributed by atoms with van der Waals surface area (Å²) in [5.74, 6) is -2.34. The summed E-state index contributed by atoms with van der Waals surface area (Å²) in [6.45, 7) is 3.37. The smallest absolute Gasteiger partial charge is 0.343 e. The molecule has 0 bridgehead atoms. The van der Waals surface area contributed by atoms with Crippen LogP contribution in [0.25, 0.3) is 0 Å². The molecular formula is C17H23NO6. The molecule has 0 aliphatic heterocycles. The van der Waals surface area contributed by atoms with Gasteiger partial charge in [-0.25, -0.2) is 9.59 Å². The van der Waals surface area contributed by atoms with Crippen LogP contribution in [0.3, 0.4) is 0 Å². The third kappa shape index (κ3) is 5.34. The highest BCUT2D eigenvalue weighted by atomic mass is 16.6. The maximum absolute atomic E-state index is 12.3. The number of rotatable bonds is 9. The number of nitrogens with one attached hydrogen (secondary N) is 1. The van der Waals surface area contributed by atoms with Crippen molar-refractivity contribution in [1.82, 2.24) is 5.32 Å². The monoisotopic (exact) mass is 337 g/mol. The van der Waals surface area contributed by atoms with Gasteiger partial charge in [0.05, 0.1) is 13.2 Å². The number of methoxy groups -OCH3 is 1. The van der Waals surface area contributed by atoms with Crippen LogP contribution in [0.4, 0.5) is 0 Å². The molecule has 1 aromatic carbocycles. The molecule has 0 saturated carbocycles. The Hall–Kier alpha value is -2.41. The van der Waals surface area contributed by atoms with E-state index in [0.717, 1.165) is 0 Å². The minimum absolute atomic E-state index is 0.0345. The minimum Gasteiger partial charge on any atom is -0.464 e. The molecule has 1 amide bonds. The van der Waals surface area contributed by atoms with Crippen molar-refractivity contribution >= 4 is 17.8 Å². The van der Waals surface area contributed by atoms with E-state index in [1.165, 1.54) is 14.0 Å². The number of carbonyl (C=O) groups excluding carboxylic acids is 3. The Kier molecular flexibility index (Phi) is 7.91. The Morgan fingerprint density at radius 1 is 1.00 bits per heavy atom. The lowest BCUT2D eigenvalue weighted by Crippen LogP contribution is -2.59. The van der Waals surface area contributed by atoms with Gasteiger partial charge in [0, 0.05) is 12.7 Å². The van der Waals surface area contributed by atoms with Crippen molar-refractivity contribution in [3.63, 3.8) is 0 Å². The number of amides is 1. The van der Waals surface area contributed by atoms with E-state index in [9.17, 15) is 14.4 Å².